The molecule has 0 unspecified atom stereocenters. The number of fused-ring (bicyclic) bond motifs is 1. The van der Waals surface area contributed by atoms with Crippen LogP contribution in [0.5, 0.6) is 0 Å². The molecule has 102 valence electrons. The van der Waals surface area contributed by atoms with Crippen LogP contribution in [-0.4, -0.2) is 21.7 Å². The van der Waals surface area contributed by atoms with Crippen LogP contribution >= 0.6 is 23.1 Å². The van der Waals surface area contributed by atoms with Crippen molar-refractivity contribution in [2.24, 2.45) is 0 Å². The van der Waals surface area contributed by atoms with Gasteiger partial charge in [-0.05, 0) is 19.1 Å². The molecule has 0 aliphatic carbocycles. The van der Waals surface area contributed by atoms with Crippen LogP contribution in [0.3, 0.4) is 0 Å². The molecule has 1 N–H and O–H groups in total. The maximum atomic E-state index is 4.71. The van der Waals surface area contributed by atoms with Crippen molar-refractivity contribution in [2.45, 2.75) is 17.0 Å². The fourth-order valence-corrected chi connectivity index (χ4v) is 3.42. The number of hydrogen-bond acceptors (Lipinski definition) is 6. The third kappa shape index (κ3) is 2.91. The Labute approximate surface area is 125 Å². The lowest BCUT2D eigenvalue weighted by Gasteiger charge is -2.10. The molecular formula is C14H14N4S2. The normalized spacial score (nSPS) is 10.8. The maximum absolute atomic E-state index is 4.71. The average Bonchev–Trinajstić information content (AvgIpc) is 2.98. The van der Waals surface area contributed by atoms with E-state index >= 15 is 0 Å². The van der Waals surface area contributed by atoms with Crippen LogP contribution in [-0.2, 0) is 5.75 Å². The molecule has 2 heterocycles. The topological polar surface area (TPSA) is 50.7 Å². The van der Waals surface area contributed by atoms with E-state index in [4.69, 9.17) is 4.98 Å². The number of aromatic nitrogens is 3. The number of hydrogen-bond donors (Lipinski definition) is 1. The molecule has 0 atom stereocenters. The minimum Gasteiger partial charge on any atom is -0.370 e. The van der Waals surface area contributed by atoms with Gasteiger partial charge in [-0.15, -0.1) is 10.2 Å². The molecule has 3 aromatic rings. The Kier molecular flexibility index (Phi) is 4.13. The van der Waals surface area contributed by atoms with Crippen molar-refractivity contribution in [1.82, 2.24) is 15.2 Å². The monoisotopic (exact) mass is 302 g/mol. The molecule has 6 heteroatoms. The molecule has 4 nitrogen and oxygen atoms in total. The summed E-state index contributed by atoms with van der Waals surface area (Å²) in [6.45, 7) is 2.94. The molecule has 0 amide bonds. The van der Waals surface area contributed by atoms with Crippen LogP contribution in [0.4, 0.5) is 5.82 Å². The summed E-state index contributed by atoms with van der Waals surface area (Å²) in [5.41, 5.74) is 3.98. The van der Waals surface area contributed by atoms with E-state index in [1.165, 1.54) is 10.9 Å². The second-order valence-corrected chi connectivity index (χ2v) is 6.27. The van der Waals surface area contributed by atoms with E-state index in [9.17, 15) is 0 Å². The lowest BCUT2D eigenvalue weighted by Crippen LogP contribution is -2.03. The second-order valence-electron chi connectivity index (χ2n) is 4.21. The van der Waals surface area contributed by atoms with Gasteiger partial charge in [0.25, 0.3) is 0 Å². The minimum absolute atomic E-state index is 0.843. The Bertz CT molecular complexity index is 697. The summed E-state index contributed by atoms with van der Waals surface area (Å²) >= 11 is 3.26. The van der Waals surface area contributed by atoms with E-state index in [1.54, 1.807) is 28.6 Å². The standard InChI is InChI=1S/C14H14N4S2/c1-2-15-13-11(8-19-14-18-16-9-20-14)7-10-5-3-4-6-12(10)17-13/h3-7,9H,2,8H2,1H3,(H,15,17). The van der Waals surface area contributed by atoms with E-state index in [-0.39, 0.29) is 0 Å². The largest absolute Gasteiger partial charge is 0.370 e. The lowest BCUT2D eigenvalue weighted by molar-refractivity contribution is 1.01. The number of anilines is 1. The van der Waals surface area contributed by atoms with Crippen molar-refractivity contribution >= 4 is 39.8 Å². The Morgan fingerprint density at radius 3 is 3.00 bits per heavy atom. The van der Waals surface area contributed by atoms with Crippen molar-refractivity contribution in [3.63, 3.8) is 0 Å². The van der Waals surface area contributed by atoms with Gasteiger partial charge in [-0.1, -0.05) is 41.3 Å². The number of pyridine rings is 1. The van der Waals surface area contributed by atoms with Crippen LogP contribution in [0.1, 0.15) is 12.5 Å². The summed E-state index contributed by atoms with van der Waals surface area (Å²) in [6, 6.07) is 10.4. The predicted molar refractivity (Wildman–Crippen MR) is 85.4 cm³/mol. The van der Waals surface area contributed by atoms with Gasteiger partial charge in [-0.3, -0.25) is 0 Å². The van der Waals surface area contributed by atoms with E-state index in [0.717, 1.165) is 28.0 Å². The van der Waals surface area contributed by atoms with E-state index in [2.05, 4.69) is 34.6 Å². The highest BCUT2D eigenvalue weighted by molar-refractivity contribution is 8.00. The molecule has 2 aromatic heterocycles. The van der Waals surface area contributed by atoms with Crippen molar-refractivity contribution in [1.29, 1.82) is 0 Å². The van der Waals surface area contributed by atoms with Gasteiger partial charge in [0.05, 0.1) is 5.52 Å². The van der Waals surface area contributed by atoms with Crippen molar-refractivity contribution in [2.75, 3.05) is 11.9 Å². The number of nitrogens with zero attached hydrogens (tertiary/aromatic N) is 3. The average molecular weight is 302 g/mol. The molecule has 0 radical (unpaired) electrons. The summed E-state index contributed by atoms with van der Waals surface area (Å²) in [7, 11) is 0. The second kappa shape index (κ2) is 6.19. The molecule has 0 aliphatic rings. The van der Waals surface area contributed by atoms with Gasteiger partial charge < -0.3 is 5.32 Å². The predicted octanol–water partition coefficient (Wildman–Crippen LogP) is 3.81. The van der Waals surface area contributed by atoms with Crippen LogP contribution in [0.15, 0.2) is 40.2 Å². The fraction of sp³-hybridized carbons (Fsp3) is 0.214. The summed E-state index contributed by atoms with van der Waals surface area (Å²) in [4.78, 5) is 4.71. The summed E-state index contributed by atoms with van der Waals surface area (Å²) in [6.07, 6.45) is 0. The third-order valence-electron chi connectivity index (χ3n) is 2.84. The highest BCUT2D eigenvalue weighted by atomic mass is 32.2. The van der Waals surface area contributed by atoms with Gasteiger partial charge in [0, 0.05) is 23.2 Å². The molecule has 20 heavy (non-hydrogen) atoms. The molecule has 0 bridgehead atoms. The van der Waals surface area contributed by atoms with E-state index in [0.29, 0.717) is 0 Å². The summed E-state index contributed by atoms with van der Waals surface area (Å²) in [5, 5.41) is 12.4. The molecular weight excluding hydrogens is 288 g/mol. The zero-order valence-corrected chi connectivity index (χ0v) is 12.7. The first-order chi connectivity index (χ1) is 9.86. The Balaban J connectivity index is 1.92. The fourth-order valence-electron chi connectivity index (χ4n) is 1.96. The number of rotatable bonds is 5. The highest BCUT2D eigenvalue weighted by Gasteiger charge is 2.08. The molecule has 0 aliphatic heterocycles. The first kappa shape index (κ1) is 13.3. The molecule has 0 saturated carbocycles. The zero-order valence-electron chi connectivity index (χ0n) is 11.0. The molecule has 0 saturated heterocycles. The van der Waals surface area contributed by atoms with Gasteiger partial charge in [0.1, 0.15) is 11.3 Å². The quantitative estimate of drug-likeness (QED) is 0.726. The van der Waals surface area contributed by atoms with Crippen LogP contribution in [0.25, 0.3) is 10.9 Å². The maximum Gasteiger partial charge on any atom is 0.174 e. The van der Waals surface area contributed by atoms with Crippen molar-refractivity contribution < 1.29 is 0 Å². The molecule has 0 spiro atoms. The first-order valence-electron chi connectivity index (χ1n) is 6.38. The van der Waals surface area contributed by atoms with Gasteiger partial charge in [0.15, 0.2) is 4.34 Å². The summed E-state index contributed by atoms with van der Waals surface area (Å²) < 4.78 is 0.987. The van der Waals surface area contributed by atoms with Gasteiger partial charge >= 0.3 is 0 Å². The van der Waals surface area contributed by atoms with Crippen molar-refractivity contribution in [3.8, 4) is 0 Å². The number of benzene rings is 1. The van der Waals surface area contributed by atoms with Gasteiger partial charge in [0.2, 0.25) is 0 Å². The summed E-state index contributed by atoms with van der Waals surface area (Å²) in [5.74, 6) is 1.80. The van der Waals surface area contributed by atoms with Crippen molar-refractivity contribution in [3.05, 3.63) is 41.4 Å². The third-order valence-corrected chi connectivity index (χ3v) is 4.75. The van der Waals surface area contributed by atoms with Crippen LogP contribution in [0.2, 0.25) is 0 Å². The lowest BCUT2D eigenvalue weighted by atomic mass is 10.1. The number of para-hydroxylation sites is 1. The van der Waals surface area contributed by atoms with Gasteiger partial charge in [-0.25, -0.2) is 4.98 Å². The molecule has 1 aromatic carbocycles. The number of thioether (sulfide) groups is 1. The SMILES string of the molecule is CCNc1nc2ccccc2cc1CSc1nncs1. The number of nitrogens with one attached hydrogen (secondary N) is 1. The van der Waals surface area contributed by atoms with Crippen LogP contribution in [0, 0.1) is 0 Å². The molecule has 0 fully saturated rings. The van der Waals surface area contributed by atoms with Crippen LogP contribution < -0.4 is 5.32 Å². The minimum atomic E-state index is 0.843. The highest BCUT2D eigenvalue weighted by Crippen LogP contribution is 2.28. The van der Waals surface area contributed by atoms with E-state index in [1.807, 2.05) is 18.2 Å². The first-order valence-corrected chi connectivity index (χ1v) is 8.25. The Hall–Kier alpha value is -1.66. The van der Waals surface area contributed by atoms with E-state index < -0.39 is 0 Å². The smallest absolute Gasteiger partial charge is 0.174 e. The van der Waals surface area contributed by atoms with Gasteiger partial charge in [-0.2, -0.15) is 0 Å². The molecule has 3 rings (SSSR count). The Morgan fingerprint density at radius 2 is 2.20 bits per heavy atom. The Morgan fingerprint density at radius 1 is 1.30 bits per heavy atom. The zero-order chi connectivity index (χ0) is 13.8.